The van der Waals surface area contributed by atoms with E-state index in [-0.39, 0.29) is 53.9 Å². The van der Waals surface area contributed by atoms with E-state index in [2.05, 4.69) is 39.6 Å². The van der Waals surface area contributed by atoms with Crippen molar-refractivity contribution in [3.63, 3.8) is 0 Å². The normalized spacial score (nSPS) is 34.3. The number of ether oxygens (including phenoxy) is 2. The first-order valence-corrected chi connectivity index (χ1v) is 20.5. The molecule has 2 aliphatic heterocycles. The fourth-order valence-corrected chi connectivity index (χ4v) is 8.36. The summed E-state index contributed by atoms with van der Waals surface area (Å²) in [5.74, 6) is 0.0845. The minimum absolute atomic E-state index is 0.0152. The van der Waals surface area contributed by atoms with Crippen LogP contribution < -0.4 is 0 Å². The lowest BCUT2D eigenvalue weighted by molar-refractivity contribution is -0.142. The van der Waals surface area contributed by atoms with Crippen molar-refractivity contribution in [2.75, 3.05) is 0 Å². The van der Waals surface area contributed by atoms with Crippen molar-refractivity contribution >= 4 is 20.3 Å². The molecular weight excluding hydrogens is 576 g/mol. The number of carbonyl (C=O) groups excluding carboxylic acids is 2. The van der Waals surface area contributed by atoms with Crippen LogP contribution in [0.1, 0.15) is 105 Å². The maximum Gasteiger partial charge on any atom is 0.306 e. The Balaban J connectivity index is 0.000000244. The molecule has 8 nitrogen and oxygen atoms in total. The average molecular weight is 637 g/mol. The number of fused-ring (bicyclic) bond motifs is 2. The quantitative estimate of drug-likeness (QED) is 0.0888. The van der Waals surface area contributed by atoms with Crippen LogP contribution in [0, 0.1) is 23.7 Å². The molecule has 0 aromatic rings. The van der Waals surface area contributed by atoms with Gasteiger partial charge in [-0.05, 0) is 46.3 Å². The Morgan fingerprint density at radius 3 is 1.73 bits per heavy atom. The molecule has 0 amide bonds. The second kappa shape index (κ2) is 15.9. The number of carbonyl (C=O) groups is 2. The molecule has 252 valence electrons. The van der Waals surface area contributed by atoms with Crippen molar-refractivity contribution in [3.05, 3.63) is 24.3 Å². The highest BCUT2D eigenvalue weighted by molar-refractivity contribution is 6.69. The molecule has 2 saturated heterocycles. The van der Waals surface area contributed by atoms with E-state index in [0.29, 0.717) is 19.3 Å². The van der Waals surface area contributed by atoms with Gasteiger partial charge in [-0.25, -0.2) is 0 Å². The van der Waals surface area contributed by atoms with E-state index < -0.39 is 25.6 Å². The standard InChI is InChI=1S/C19H34O4Si.C16H26O4/c1-6-7-8-10-19(2,21)11-9-14-15-12-18(20)22-16(15)13-17(14)23-24(3,4)5;1-3-4-5-7-16(2,19)8-6-11-12-9-15(18)20-14(12)10-13(11)17/h9,11,14-17,21H,6-8,10,12-13H2,1-5H3;6,8,11-14,17,19H,3-5,7,9-10H2,1-2H3/b11-9+;8-6+/t14-,15?,16+,17-,19?;11-,12?,13-,14+,16?/m11/s1. The fraction of sp³-hybridized carbons (Fsp3) is 0.829. The fourth-order valence-electron chi connectivity index (χ4n) is 7.20. The number of aliphatic hydroxyl groups is 3. The largest absolute Gasteiger partial charge is 0.462 e. The molecular formula is C35H60O8Si. The van der Waals surface area contributed by atoms with Crippen molar-refractivity contribution in [2.45, 2.75) is 160 Å². The number of rotatable bonds is 14. The second-order valence-electron chi connectivity index (χ2n) is 15.1. The van der Waals surface area contributed by atoms with Crippen LogP contribution in [-0.4, -0.2) is 71.2 Å². The number of unbranched alkanes of at least 4 members (excludes halogenated alkanes) is 4. The highest BCUT2D eigenvalue weighted by atomic mass is 28.4. The molecule has 0 radical (unpaired) electrons. The Labute approximate surface area is 266 Å². The third-order valence-electron chi connectivity index (χ3n) is 9.56. The summed E-state index contributed by atoms with van der Waals surface area (Å²) >= 11 is 0. The molecule has 2 aliphatic carbocycles. The molecule has 2 heterocycles. The lowest BCUT2D eigenvalue weighted by Crippen LogP contribution is -2.35. The molecule has 2 saturated carbocycles. The summed E-state index contributed by atoms with van der Waals surface area (Å²) < 4.78 is 17.0. The van der Waals surface area contributed by atoms with Crippen LogP contribution in [0.25, 0.3) is 0 Å². The topological polar surface area (TPSA) is 123 Å². The van der Waals surface area contributed by atoms with Crippen LogP contribution in [0.5, 0.6) is 0 Å². The van der Waals surface area contributed by atoms with Gasteiger partial charge >= 0.3 is 11.9 Å². The number of esters is 2. The van der Waals surface area contributed by atoms with Gasteiger partial charge in [0, 0.05) is 36.5 Å². The molecule has 9 heteroatoms. The van der Waals surface area contributed by atoms with E-state index in [1.807, 2.05) is 19.1 Å². The molecule has 0 spiro atoms. The highest BCUT2D eigenvalue weighted by Gasteiger charge is 2.51. The van der Waals surface area contributed by atoms with Gasteiger partial charge in [-0.2, -0.15) is 0 Å². The monoisotopic (exact) mass is 636 g/mol. The van der Waals surface area contributed by atoms with Gasteiger partial charge in [0.1, 0.15) is 12.2 Å². The van der Waals surface area contributed by atoms with Gasteiger partial charge in [0.15, 0.2) is 8.32 Å². The Morgan fingerprint density at radius 2 is 1.25 bits per heavy atom. The van der Waals surface area contributed by atoms with Crippen molar-refractivity contribution in [1.82, 2.24) is 0 Å². The Morgan fingerprint density at radius 1 is 0.795 bits per heavy atom. The van der Waals surface area contributed by atoms with E-state index in [1.54, 1.807) is 13.0 Å². The van der Waals surface area contributed by atoms with E-state index in [1.165, 1.54) is 0 Å². The SMILES string of the molecule is CCCCCC(C)(O)/C=C/[C@@H]1C2CC(=O)O[C@H]2C[C@H]1O.CCCCCC(C)(O)/C=C/[C@@H]1C2CC(=O)O[C@H]2C[C@H]1O[Si](C)(C)C. The minimum atomic E-state index is -1.67. The molecule has 4 rings (SSSR count). The Bertz CT molecular complexity index is 999. The van der Waals surface area contributed by atoms with E-state index >= 15 is 0 Å². The predicted molar refractivity (Wildman–Crippen MR) is 174 cm³/mol. The summed E-state index contributed by atoms with van der Waals surface area (Å²) in [5.41, 5.74) is -1.63. The maximum absolute atomic E-state index is 11.6. The molecule has 3 N–H and O–H groups in total. The zero-order valence-corrected chi connectivity index (χ0v) is 29.3. The molecule has 0 aromatic heterocycles. The van der Waals surface area contributed by atoms with Crippen molar-refractivity contribution < 1.29 is 38.8 Å². The van der Waals surface area contributed by atoms with Gasteiger partial charge in [0.05, 0.1) is 36.3 Å². The summed E-state index contributed by atoms with van der Waals surface area (Å²) in [7, 11) is -1.67. The number of hydrogen-bond donors (Lipinski definition) is 3. The van der Waals surface area contributed by atoms with E-state index in [0.717, 1.165) is 57.8 Å². The van der Waals surface area contributed by atoms with Gasteiger partial charge in [-0.1, -0.05) is 76.7 Å². The first-order valence-electron chi connectivity index (χ1n) is 17.1. The number of hydrogen-bond acceptors (Lipinski definition) is 8. The minimum Gasteiger partial charge on any atom is -0.462 e. The first-order chi connectivity index (χ1) is 20.5. The van der Waals surface area contributed by atoms with Gasteiger partial charge in [0.2, 0.25) is 0 Å². The summed E-state index contributed by atoms with van der Waals surface area (Å²) in [6.45, 7) is 14.5. The third kappa shape index (κ3) is 11.1. The van der Waals surface area contributed by atoms with Crippen LogP contribution in [0.3, 0.4) is 0 Å². The molecule has 4 aliphatic rings. The van der Waals surface area contributed by atoms with Crippen LogP contribution in [-0.2, 0) is 23.5 Å². The van der Waals surface area contributed by atoms with Gasteiger partial charge in [-0.3, -0.25) is 9.59 Å². The molecule has 44 heavy (non-hydrogen) atoms. The predicted octanol–water partition coefficient (Wildman–Crippen LogP) is 6.23. The van der Waals surface area contributed by atoms with Gasteiger partial charge < -0.3 is 29.2 Å². The highest BCUT2D eigenvalue weighted by Crippen LogP contribution is 2.45. The summed E-state index contributed by atoms with van der Waals surface area (Å²) in [6, 6.07) is 0. The zero-order valence-electron chi connectivity index (χ0n) is 28.3. The Hall–Kier alpha value is -1.52. The van der Waals surface area contributed by atoms with Gasteiger partial charge in [0.25, 0.3) is 0 Å². The average Bonchev–Trinajstić information content (AvgIpc) is 3.60. The molecule has 0 aromatic carbocycles. The van der Waals surface area contributed by atoms with E-state index in [4.69, 9.17) is 13.9 Å². The molecule has 0 bridgehead atoms. The zero-order chi connectivity index (χ0) is 32.7. The van der Waals surface area contributed by atoms with E-state index in [9.17, 15) is 24.9 Å². The van der Waals surface area contributed by atoms with Crippen LogP contribution in [0.15, 0.2) is 24.3 Å². The first kappa shape index (κ1) is 36.9. The second-order valence-corrected chi connectivity index (χ2v) is 19.6. The molecule has 4 unspecified atom stereocenters. The summed E-state index contributed by atoms with van der Waals surface area (Å²) in [4.78, 5) is 22.9. The summed E-state index contributed by atoms with van der Waals surface area (Å²) in [5, 5.41) is 31.0. The lowest BCUT2D eigenvalue weighted by Gasteiger charge is -2.28. The van der Waals surface area contributed by atoms with Crippen LogP contribution >= 0.6 is 0 Å². The molecule has 4 fully saturated rings. The maximum atomic E-state index is 11.6. The van der Waals surface area contributed by atoms with Gasteiger partial charge in [-0.15, -0.1) is 0 Å². The van der Waals surface area contributed by atoms with Crippen LogP contribution in [0.2, 0.25) is 19.6 Å². The van der Waals surface area contributed by atoms with Crippen molar-refractivity contribution in [3.8, 4) is 0 Å². The Kier molecular flexibility index (Phi) is 13.3. The lowest BCUT2D eigenvalue weighted by atomic mass is 9.89. The van der Waals surface area contributed by atoms with Crippen molar-refractivity contribution in [2.24, 2.45) is 23.7 Å². The van der Waals surface area contributed by atoms with Crippen molar-refractivity contribution in [1.29, 1.82) is 0 Å². The summed E-state index contributed by atoms with van der Waals surface area (Å²) in [6.07, 6.45) is 17.4. The number of aliphatic hydroxyl groups excluding tert-OH is 1. The van der Waals surface area contributed by atoms with Crippen LogP contribution in [0.4, 0.5) is 0 Å². The molecule has 10 atom stereocenters. The smallest absolute Gasteiger partial charge is 0.306 e. The third-order valence-corrected chi connectivity index (χ3v) is 10.6.